The van der Waals surface area contributed by atoms with Crippen molar-refractivity contribution >= 4 is 5.91 Å². The summed E-state index contributed by atoms with van der Waals surface area (Å²) >= 11 is 0. The Morgan fingerprint density at radius 2 is 2.32 bits per heavy atom. The first-order valence-electron chi connectivity index (χ1n) is 6.82. The number of likely N-dealkylation sites (N-methyl/N-ethyl adjacent to an activating group) is 1. The normalized spacial score (nSPS) is 22.5. The van der Waals surface area contributed by atoms with Crippen molar-refractivity contribution in [2.75, 3.05) is 13.6 Å². The van der Waals surface area contributed by atoms with Gasteiger partial charge in [0.05, 0.1) is 5.54 Å². The van der Waals surface area contributed by atoms with Gasteiger partial charge in [-0.15, -0.1) is 0 Å². The molecule has 1 saturated heterocycles. The molecule has 0 aliphatic carbocycles. The number of carbonyl (C=O) groups excluding carboxylic acids is 1. The predicted molar refractivity (Wildman–Crippen MR) is 73.1 cm³/mol. The van der Waals surface area contributed by atoms with E-state index in [0.717, 1.165) is 31.4 Å². The first-order chi connectivity index (χ1) is 9.07. The minimum absolute atomic E-state index is 0.108. The molecule has 104 valence electrons. The van der Waals surface area contributed by atoms with Crippen LogP contribution in [0, 0.1) is 5.82 Å². The molecule has 0 spiro atoms. The first kappa shape index (κ1) is 14.0. The molecule has 0 saturated carbocycles. The lowest BCUT2D eigenvalue weighted by atomic mass is 9.92. The lowest BCUT2D eigenvalue weighted by Crippen LogP contribution is -2.53. The van der Waals surface area contributed by atoms with Gasteiger partial charge in [-0.1, -0.05) is 19.1 Å². The van der Waals surface area contributed by atoms with Crippen molar-refractivity contribution in [3.63, 3.8) is 0 Å². The fourth-order valence-corrected chi connectivity index (χ4v) is 2.79. The number of hydrogen-bond acceptors (Lipinski definition) is 2. The van der Waals surface area contributed by atoms with Crippen LogP contribution in [0.5, 0.6) is 0 Å². The summed E-state index contributed by atoms with van der Waals surface area (Å²) in [6, 6.07) is 6.40. The highest BCUT2D eigenvalue weighted by Crippen LogP contribution is 2.25. The van der Waals surface area contributed by atoms with Crippen LogP contribution in [0.4, 0.5) is 4.39 Å². The second kappa shape index (κ2) is 5.70. The van der Waals surface area contributed by atoms with Crippen LogP contribution in [0.2, 0.25) is 0 Å². The highest BCUT2D eigenvalue weighted by Gasteiger charge is 2.40. The van der Waals surface area contributed by atoms with E-state index in [2.05, 4.69) is 5.32 Å². The smallest absolute Gasteiger partial charge is 0.242 e. The molecule has 1 amide bonds. The maximum absolute atomic E-state index is 13.1. The molecule has 19 heavy (non-hydrogen) atoms. The number of nitrogens with zero attached hydrogens (tertiary/aromatic N) is 1. The minimum Gasteiger partial charge on any atom is -0.340 e. The minimum atomic E-state index is -0.415. The zero-order chi connectivity index (χ0) is 13.9. The quantitative estimate of drug-likeness (QED) is 0.905. The number of nitrogens with one attached hydrogen (secondary N) is 1. The third-order valence-corrected chi connectivity index (χ3v) is 3.91. The summed E-state index contributed by atoms with van der Waals surface area (Å²) in [7, 11) is 1.78. The Balaban J connectivity index is 2.07. The molecule has 1 fully saturated rings. The molecule has 1 aliphatic rings. The Labute approximate surface area is 113 Å². The van der Waals surface area contributed by atoms with E-state index in [0.29, 0.717) is 6.54 Å². The fourth-order valence-electron chi connectivity index (χ4n) is 2.79. The van der Waals surface area contributed by atoms with Crippen LogP contribution < -0.4 is 5.32 Å². The van der Waals surface area contributed by atoms with Gasteiger partial charge in [-0.05, 0) is 43.5 Å². The molecule has 1 N–H and O–H groups in total. The van der Waals surface area contributed by atoms with E-state index in [1.54, 1.807) is 18.0 Å². The number of halogens is 1. The van der Waals surface area contributed by atoms with Gasteiger partial charge >= 0.3 is 0 Å². The second-order valence-electron chi connectivity index (χ2n) is 5.26. The van der Waals surface area contributed by atoms with E-state index in [1.165, 1.54) is 12.1 Å². The van der Waals surface area contributed by atoms with Crippen molar-refractivity contribution in [2.24, 2.45) is 0 Å². The average Bonchev–Trinajstić information content (AvgIpc) is 2.87. The third-order valence-electron chi connectivity index (χ3n) is 3.91. The molecule has 1 aromatic rings. The standard InChI is InChI=1S/C15H21FN2O/c1-3-15(8-5-9-17-15)14(19)18(2)11-12-6-4-7-13(16)10-12/h4,6-7,10,17H,3,5,8-9,11H2,1-2H3. The number of amides is 1. The molecule has 3 nitrogen and oxygen atoms in total. The average molecular weight is 264 g/mol. The SMILES string of the molecule is CCC1(C(=O)N(C)Cc2cccc(F)c2)CCCN1. The highest BCUT2D eigenvalue weighted by molar-refractivity contribution is 5.86. The van der Waals surface area contributed by atoms with Crippen LogP contribution in [0.25, 0.3) is 0 Å². The van der Waals surface area contributed by atoms with Gasteiger partial charge in [-0.3, -0.25) is 4.79 Å². The van der Waals surface area contributed by atoms with Crippen molar-refractivity contribution in [2.45, 2.75) is 38.3 Å². The third kappa shape index (κ3) is 2.95. The molecule has 2 rings (SSSR count). The summed E-state index contributed by atoms with van der Waals surface area (Å²) in [4.78, 5) is 14.2. The van der Waals surface area contributed by atoms with Crippen molar-refractivity contribution < 1.29 is 9.18 Å². The number of benzene rings is 1. The molecule has 4 heteroatoms. The van der Waals surface area contributed by atoms with E-state index in [4.69, 9.17) is 0 Å². The Bertz CT molecular complexity index is 455. The molecule has 1 aliphatic heterocycles. The van der Waals surface area contributed by atoms with Gasteiger partial charge in [0.15, 0.2) is 0 Å². The highest BCUT2D eigenvalue weighted by atomic mass is 19.1. The summed E-state index contributed by atoms with van der Waals surface area (Å²) in [5, 5.41) is 3.33. The van der Waals surface area contributed by atoms with Crippen LogP contribution in [0.3, 0.4) is 0 Å². The zero-order valence-electron chi connectivity index (χ0n) is 11.6. The number of rotatable bonds is 4. The van der Waals surface area contributed by atoms with Gasteiger partial charge in [-0.2, -0.15) is 0 Å². The van der Waals surface area contributed by atoms with Crippen LogP contribution >= 0.6 is 0 Å². The van der Waals surface area contributed by atoms with Gasteiger partial charge in [0.1, 0.15) is 5.82 Å². The molecule has 1 atom stereocenters. The second-order valence-corrected chi connectivity index (χ2v) is 5.26. The lowest BCUT2D eigenvalue weighted by Gasteiger charge is -2.31. The topological polar surface area (TPSA) is 32.3 Å². The summed E-state index contributed by atoms with van der Waals surface area (Å²) in [6.45, 7) is 3.37. The van der Waals surface area contributed by atoms with E-state index in [9.17, 15) is 9.18 Å². The molecular weight excluding hydrogens is 243 g/mol. The van der Waals surface area contributed by atoms with Gasteiger partial charge in [0.25, 0.3) is 0 Å². The van der Waals surface area contributed by atoms with E-state index < -0.39 is 5.54 Å². The van der Waals surface area contributed by atoms with Crippen LogP contribution in [-0.4, -0.2) is 29.9 Å². The number of carbonyl (C=O) groups is 1. The van der Waals surface area contributed by atoms with E-state index >= 15 is 0 Å². The van der Waals surface area contributed by atoms with Crippen molar-refractivity contribution in [3.05, 3.63) is 35.6 Å². The molecular formula is C15H21FN2O. The molecule has 1 heterocycles. The Kier molecular flexibility index (Phi) is 4.20. The van der Waals surface area contributed by atoms with Crippen molar-refractivity contribution in [1.82, 2.24) is 10.2 Å². The maximum atomic E-state index is 13.1. The molecule has 0 aromatic heterocycles. The maximum Gasteiger partial charge on any atom is 0.242 e. The molecule has 0 bridgehead atoms. The van der Waals surface area contributed by atoms with Crippen LogP contribution in [0.15, 0.2) is 24.3 Å². The monoisotopic (exact) mass is 264 g/mol. The van der Waals surface area contributed by atoms with E-state index in [1.807, 2.05) is 13.0 Å². The number of hydrogen-bond donors (Lipinski definition) is 1. The Morgan fingerprint density at radius 1 is 1.53 bits per heavy atom. The van der Waals surface area contributed by atoms with Gasteiger partial charge in [0.2, 0.25) is 5.91 Å². The van der Waals surface area contributed by atoms with Crippen LogP contribution in [-0.2, 0) is 11.3 Å². The Morgan fingerprint density at radius 3 is 2.89 bits per heavy atom. The zero-order valence-corrected chi connectivity index (χ0v) is 11.6. The first-order valence-corrected chi connectivity index (χ1v) is 6.82. The summed E-state index contributed by atoms with van der Waals surface area (Å²) in [5.41, 5.74) is 0.405. The molecule has 0 radical (unpaired) electrons. The largest absolute Gasteiger partial charge is 0.340 e. The predicted octanol–water partition coefficient (Wildman–Crippen LogP) is 2.32. The van der Waals surface area contributed by atoms with Gasteiger partial charge in [-0.25, -0.2) is 4.39 Å². The van der Waals surface area contributed by atoms with Crippen LogP contribution in [0.1, 0.15) is 31.7 Å². The van der Waals surface area contributed by atoms with E-state index in [-0.39, 0.29) is 11.7 Å². The molecule has 1 aromatic carbocycles. The van der Waals surface area contributed by atoms with Crippen molar-refractivity contribution in [1.29, 1.82) is 0 Å². The van der Waals surface area contributed by atoms with Gasteiger partial charge < -0.3 is 10.2 Å². The summed E-state index contributed by atoms with van der Waals surface area (Å²) in [5.74, 6) is -0.153. The van der Waals surface area contributed by atoms with Crippen molar-refractivity contribution in [3.8, 4) is 0 Å². The summed E-state index contributed by atoms with van der Waals surface area (Å²) < 4.78 is 13.1. The fraction of sp³-hybridized carbons (Fsp3) is 0.533. The molecule has 1 unspecified atom stereocenters. The summed E-state index contributed by atoms with van der Waals surface area (Å²) in [6.07, 6.45) is 2.71. The van der Waals surface area contributed by atoms with Gasteiger partial charge in [0, 0.05) is 13.6 Å². The lowest BCUT2D eigenvalue weighted by molar-refractivity contribution is -0.137. The Hall–Kier alpha value is -1.42.